The summed E-state index contributed by atoms with van der Waals surface area (Å²) in [5.74, 6) is 0.483. The molecule has 0 spiro atoms. The second-order valence-electron chi connectivity index (χ2n) is 6.83. The molecule has 1 amide bonds. The van der Waals surface area contributed by atoms with Gasteiger partial charge in [0.25, 0.3) is 11.6 Å². The van der Waals surface area contributed by atoms with Crippen molar-refractivity contribution in [3.8, 4) is 0 Å². The smallest absolute Gasteiger partial charge is 0.271 e. The minimum atomic E-state index is -0.385. The molecule has 1 fully saturated rings. The molecule has 1 aliphatic heterocycles. The first-order valence-electron chi connectivity index (χ1n) is 8.84. The van der Waals surface area contributed by atoms with E-state index in [9.17, 15) is 14.9 Å². The number of nitro groups is 1. The van der Waals surface area contributed by atoms with E-state index in [1.165, 1.54) is 11.6 Å². The highest BCUT2D eigenvalue weighted by atomic mass is 16.6. The molecule has 1 heterocycles. The Morgan fingerprint density at radius 1 is 1.04 bits per heavy atom. The Bertz CT molecular complexity index is 794. The van der Waals surface area contributed by atoms with E-state index < -0.39 is 0 Å². The van der Waals surface area contributed by atoms with Crippen molar-refractivity contribution in [3.63, 3.8) is 0 Å². The molecule has 2 aromatic rings. The van der Waals surface area contributed by atoms with Crippen LogP contribution in [0, 0.1) is 10.1 Å². The van der Waals surface area contributed by atoms with Crippen LogP contribution in [0.3, 0.4) is 0 Å². The number of amides is 1. The Morgan fingerprint density at radius 3 is 2.27 bits per heavy atom. The molecule has 0 unspecified atom stereocenters. The highest BCUT2D eigenvalue weighted by Crippen LogP contribution is 2.23. The fourth-order valence-electron chi connectivity index (χ4n) is 3.16. The minimum absolute atomic E-state index is 0.0407. The zero-order valence-corrected chi connectivity index (χ0v) is 15.1. The summed E-state index contributed by atoms with van der Waals surface area (Å²) >= 11 is 0. The van der Waals surface area contributed by atoms with Crippen molar-refractivity contribution >= 4 is 17.3 Å². The van der Waals surface area contributed by atoms with Crippen molar-refractivity contribution in [1.82, 2.24) is 4.90 Å². The molecule has 6 heteroatoms. The highest BCUT2D eigenvalue weighted by molar-refractivity contribution is 5.94. The van der Waals surface area contributed by atoms with Crippen molar-refractivity contribution < 1.29 is 9.72 Å². The summed E-state index contributed by atoms with van der Waals surface area (Å²) in [5, 5.41) is 10.9. The molecule has 136 valence electrons. The van der Waals surface area contributed by atoms with Gasteiger partial charge in [-0.25, -0.2) is 0 Å². The van der Waals surface area contributed by atoms with E-state index in [0.717, 1.165) is 5.69 Å². The van der Waals surface area contributed by atoms with Crippen LogP contribution in [-0.4, -0.2) is 41.9 Å². The van der Waals surface area contributed by atoms with Gasteiger partial charge in [0, 0.05) is 49.6 Å². The Balaban J connectivity index is 1.63. The summed E-state index contributed by atoms with van der Waals surface area (Å²) in [6.45, 7) is 6.79. The lowest BCUT2D eigenvalue weighted by Gasteiger charge is -2.36. The summed E-state index contributed by atoms with van der Waals surface area (Å²) in [7, 11) is 0. The van der Waals surface area contributed by atoms with Gasteiger partial charge in [0.1, 0.15) is 0 Å². The van der Waals surface area contributed by atoms with Crippen LogP contribution in [0.25, 0.3) is 0 Å². The lowest BCUT2D eigenvalue weighted by Crippen LogP contribution is -2.48. The van der Waals surface area contributed by atoms with E-state index in [1.54, 1.807) is 12.1 Å². The SMILES string of the molecule is CC(C)c1ccc(C(=O)N2CCN(c3cccc([N+](=O)[O-])c3)CC2)cc1. The van der Waals surface area contributed by atoms with Gasteiger partial charge < -0.3 is 9.80 Å². The van der Waals surface area contributed by atoms with Crippen molar-refractivity contribution in [2.45, 2.75) is 19.8 Å². The van der Waals surface area contributed by atoms with Gasteiger partial charge in [-0.05, 0) is 29.7 Å². The van der Waals surface area contributed by atoms with Crippen molar-refractivity contribution in [2.75, 3.05) is 31.1 Å². The maximum absolute atomic E-state index is 12.7. The molecular formula is C20H23N3O3. The number of hydrogen-bond acceptors (Lipinski definition) is 4. The van der Waals surface area contributed by atoms with Crippen molar-refractivity contribution in [1.29, 1.82) is 0 Å². The van der Waals surface area contributed by atoms with Gasteiger partial charge in [-0.2, -0.15) is 0 Å². The van der Waals surface area contributed by atoms with E-state index >= 15 is 0 Å². The van der Waals surface area contributed by atoms with Crippen molar-refractivity contribution in [3.05, 3.63) is 69.8 Å². The number of nitro benzene ring substituents is 1. The first-order valence-corrected chi connectivity index (χ1v) is 8.84. The minimum Gasteiger partial charge on any atom is -0.368 e. The number of carbonyl (C=O) groups excluding carboxylic acids is 1. The highest BCUT2D eigenvalue weighted by Gasteiger charge is 2.23. The summed E-state index contributed by atoms with van der Waals surface area (Å²) in [6.07, 6.45) is 0. The summed E-state index contributed by atoms with van der Waals surface area (Å²) in [6, 6.07) is 14.5. The molecule has 1 saturated heterocycles. The van der Waals surface area contributed by atoms with Crippen LogP contribution < -0.4 is 4.90 Å². The number of hydrogen-bond donors (Lipinski definition) is 0. The fourth-order valence-corrected chi connectivity index (χ4v) is 3.16. The third kappa shape index (κ3) is 3.85. The van der Waals surface area contributed by atoms with E-state index in [-0.39, 0.29) is 16.5 Å². The quantitative estimate of drug-likeness (QED) is 0.621. The van der Waals surface area contributed by atoms with Crippen LogP contribution in [0.1, 0.15) is 35.7 Å². The monoisotopic (exact) mass is 353 g/mol. The van der Waals surface area contributed by atoms with E-state index in [1.807, 2.05) is 35.2 Å². The maximum atomic E-state index is 12.7. The van der Waals surface area contributed by atoms with Gasteiger partial charge in [-0.15, -0.1) is 0 Å². The van der Waals surface area contributed by atoms with Gasteiger partial charge in [-0.1, -0.05) is 32.0 Å². The van der Waals surface area contributed by atoms with Crippen LogP contribution >= 0.6 is 0 Å². The second kappa shape index (κ2) is 7.56. The molecule has 0 saturated carbocycles. The number of piperazine rings is 1. The Morgan fingerprint density at radius 2 is 1.69 bits per heavy atom. The molecule has 3 rings (SSSR count). The number of nitrogens with zero attached hydrogens (tertiary/aromatic N) is 3. The molecule has 0 radical (unpaired) electrons. The number of non-ortho nitro benzene ring substituents is 1. The van der Waals surface area contributed by atoms with E-state index in [4.69, 9.17) is 0 Å². The van der Waals surface area contributed by atoms with Gasteiger partial charge in [-0.3, -0.25) is 14.9 Å². The molecule has 0 atom stereocenters. The topological polar surface area (TPSA) is 66.7 Å². The first-order chi connectivity index (χ1) is 12.5. The van der Waals surface area contributed by atoms with Crippen LogP contribution in [0.15, 0.2) is 48.5 Å². The van der Waals surface area contributed by atoms with Gasteiger partial charge in [0.2, 0.25) is 0 Å². The van der Waals surface area contributed by atoms with E-state index in [2.05, 4.69) is 18.7 Å². The van der Waals surface area contributed by atoms with Gasteiger partial charge in [0.05, 0.1) is 4.92 Å². The third-order valence-corrected chi connectivity index (χ3v) is 4.80. The largest absolute Gasteiger partial charge is 0.368 e. The zero-order valence-electron chi connectivity index (χ0n) is 15.1. The lowest BCUT2D eigenvalue weighted by atomic mass is 10.0. The van der Waals surface area contributed by atoms with Gasteiger partial charge >= 0.3 is 0 Å². The van der Waals surface area contributed by atoms with Crippen LogP contribution in [-0.2, 0) is 0 Å². The Kier molecular flexibility index (Phi) is 5.21. The van der Waals surface area contributed by atoms with Gasteiger partial charge in [0.15, 0.2) is 0 Å². The molecule has 0 N–H and O–H groups in total. The third-order valence-electron chi connectivity index (χ3n) is 4.80. The molecule has 26 heavy (non-hydrogen) atoms. The Hall–Kier alpha value is -2.89. The lowest BCUT2D eigenvalue weighted by molar-refractivity contribution is -0.384. The van der Waals surface area contributed by atoms with Crippen molar-refractivity contribution in [2.24, 2.45) is 0 Å². The molecule has 0 bridgehead atoms. The summed E-state index contributed by atoms with van der Waals surface area (Å²) in [5.41, 5.74) is 2.84. The summed E-state index contributed by atoms with van der Waals surface area (Å²) in [4.78, 5) is 27.2. The zero-order chi connectivity index (χ0) is 18.7. The average molecular weight is 353 g/mol. The number of rotatable bonds is 4. The maximum Gasteiger partial charge on any atom is 0.271 e. The average Bonchev–Trinajstić information content (AvgIpc) is 2.67. The molecule has 6 nitrogen and oxygen atoms in total. The normalized spacial score (nSPS) is 14.6. The van der Waals surface area contributed by atoms with Crippen LogP contribution in [0.4, 0.5) is 11.4 Å². The first kappa shape index (κ1) is 17.9. The van der Waals surface area contributed by atoms with E-state index in [0.29, 0.717) is 37.7 Å². The molecule has 1 aliphatic rings. The number of carbonyl (C=O) groups is 1. The predicted molar refractivity (Wildman–Crippen MR) is 102 cm³/mol. The molecule has 0 aromatic heterocycles. The molecular weight excluding hydrogens is 330 g/mol. The Labute approximate surface area is 153 Å². The standard InChI is InChI=1S/C20H23N3O3/c1-15(2)16-6-8-17(9-7-16)20(24)22-12-10-21(11-13-22)18-4-3-5-19(14-18)23(25)26/h3-9,14-15H,10-13H2,1-2H3. The number of benzene rings is 2. The molecule has 2 aromatic carbocycles. The summed E-state index contributed by atoms with van der Waals surface area (Å²) < 4.78 is 0. The predicted octanol–water partition coefficient (Wildman–Crippen LogP) is 3.68. The molecule has 0 aliphatic carbocycles. The van der Waals surface area contributed by atoms with Crippen LogP contribution in [0.5, 0.6) is 0 Å². The fraction of sp³-hybridized carbons (Fsp3) is 0.350. The number of anilines is 1. The second-order valence-corrected chi connectivity index (χ2v) is 6.83. The van der Waals surface area contributed by atoms with Crippen LogP contribution in [0.2, 0.25) is 0 Å².